The van der Waals surface area contributed by atoms with Gasteiger partial charge in [0.05, 0.1) is 17.4 Å². The summed E-state index contributed by atoms with van der Waals surface area (Å²) in [6.07, 6.45) is 2.14. The summed E-state index contributed by atoms with van der Waals surface area (Å²) in [5.41, 5.74) is 0.945. The first kappa shape index (κ1) is 14.2. The predicted molar refractivity (Wildman–Crippen MR) is 82.2 cm³/mol. The Balaban J connectivity index is 1.67. The number of nitrogens with zero attached hydrogens (tertiary/aromatic N) is 1. The molecule has 0 spiro atoms. The van der Waals surface area contributed by atoms with Crippen molar-refractivity contribution in [2.75, 3.05) is 19.8 Å². The Morgan fingerprint density at radius 3 is 2.90 bits per heavy atom. The average Bonchev–Trinajstić information content (AvgIpc) is 2.48. The minimum atomic E-state index is -0.0744. The van der Waals surface area contributed by atoms with Gasteiger partial charge in [0.15, 0.2) is 0 Å². The Morgan fingerprint density at radius 1 is 1.33 bits per heavy atom. The first-order valence-electron chi connectivity index (χ1n) is 7.43. The van der Waals surface area contributed by atoms with E-state index in [-0.39, 0.29) is 11.0 Å². The minimum Gasteiger partial charge on any atom is -0.381 e. The highest BCUT2D eigenvalue weighted by atomic mass is 16.5. The Kier molecular flexibility index (Phi) is 4.03. The first-order valence-corrected chi connectivity index (χ1v) is 7.43. The second-order valence-electron chi connectivity index (χ2n) is 6.06. The molecule has 2 heterocycles. The molecule has 1 aromatic heterocycles. The molecule has 0 atom stereocenters. The number of benzene rings is 1. The molecule has 5 heteroatoms. The fraction of sp³-hybridized carbons (Fsp3) is 0.500. The summed E-state index contributed by atoms with van der Waals surface area (Å²) in [5.74, 6) is 0.689. The third-order valence-corrected chi connectivity index (χ3v) is 4.21. The molecule has 112 valence electrons. The van der Waals surface area contributed by atoms with Gasteiger partial charge in [0.1, 0.15) is 5.82 Å². The van der Waals surface area contributed by atoms with Crippen molar-refractivity contribution in [3.05, 3.63) is 40.4 Å². The van der Waals surface area contributed by atoms with Crippen LogP contribution in [0.3, 0.4) is 0 Å². The molecular weight excluding hydrogens is 266 g/mol. The monoisotopic (exact) mass is 287 g/mol. The molecule has 1 saturated heterocycles. The van der Waals surface area contributed by atoms with Crippen LogP contribution in [0.1, 0.15) is 25.6 Å². The van der Waals surface area contributed by atoms with E-state index in [4.69, 9.17) is 4.74 Å². The maximum atomic E-state index is 12.0. The lowest BCUT2D eigenvalue weighted by Gasteiger charge is -2.33. The van der Waals surface area contributed by atoms with E-state index in [9.17, 15) is 4.79 Å². The molecule has 0 bridgehead atoms. The average molecular weight is 287 g/mol. The minimum absolute atomic E-state index is 0.0744. The van der Waals surface area contributed by atoms with Crippen LogP contribution in [-0.4, -0.2) is 29.7 Å². The third kappa shape index (κ3) is 3.31. The molecule has 0 unspecified atom stereocenters. The normalized spacial score (nSPS) is 18.0. The van der Waals surface area contributed by atoms with Crippen LogP contribution in [-0.2, 0) is 11.3 Å². The Hall–Kier alpha value is -1.72. The predicted octanol–water partition coefficient (Wildman–Crippen LogP) is 1.83. The lowest BCUT2D eigenvalue weighted by atomic mass is 9.82. The van der Waals surface area contributed by atoms with Gasteiger partial charge in [0.25, 0.3) is 5.56 Å². The summed E-state index contributed by atoms with van der Waals surface area (Å²) in [5, 5.41) is 4.05. The van der Waals surface area contributed by atoms with Crippen LogP contribution in [0.2, 0.25) is 0 Å². The second-order valence-corrected chi connectivity index (χ2v) is 6.06. The number of H-pyrrole nitrogens is 1. The van der Waals surface area contributed by atoms with Gasteiger partial charge in [-0.25, -0.2) is 4.98 Å². The lowest BCUT2D eigenvalue weighted by Crippen LogP contribution is -2.37. The van der Waals surface area contributed by atoms with Gasteiger partial charge in [0, 0.05) is 19.8 Å². The molecule has 2 N–H and O–H groups in total. The molecule has 3 rings (SSSR count). The van der Waals surface area contributed by atoms with Gasteiger partial charge in [-0.3, -0.25) is 4.79 Å². The topological polar surface area (TPSA) is 67.0 Å². The van der Waals surface area contributed by atoms with Crippen LogP contribution in [0.15, 0.2) is 29.1 Å². The van der Waals surface area contributed by atoms with E-state index in [2.05, 4.69) is 22.2 Å². The van der Waals surface area contributed by atoms with E-state index >= 15 is 0 Å². The van der Waals surface area contributed by atoms with Gasteiger partial charge >= 0.3 is 0 Å². The number of ether oxygens (including phenoxy) is 1. The van der Waals surface area contributed by atoms with Gasteiger partial charge in [-0.05, 0) is 30.4 Å². The number of hydrogen-bond donors (Lipinski definition) is 2. The molecular formula is C16H21N3O2. The summed E-state index contributed by atoms with van der Waals surface area (Å²) < 4.78 is 5.41. The largest absolute Gasteiger partial charge is 0.381 e. The van der Waals surface area contributed by atoms with E-state index in [0.717, 1.165) is 38.1 Å². The smallest absolute Gasteiger partial charge is 0.258 e. The number of aromatic nitrogens is 2. The molecule has 0 saturated carbocycles. The van der Waals surface area contributed by atoms with Gasteiger partial charge in [0.2, 0.25) is 0 Å². The van der Waals surface area contributed by atoms with Crippen LogP contribution >= 0.6 is 0 Å². The summed E-state index contributed by atoms with van der Waals surface area (Å²) >= 11 is 0. The molecule has 1 fully saturated rings. The van der Waals surface area contributed by atoms with E-state index < -0.39 is 0 Å². The number of fused-ring (bicyclic) bond motifs is 1. The number of aromatic amines is 1. The standard InChI is InChI=1S/C16H21N3O2/c1-16(6-8-21-9-7-16)11-17-10-14-18-13-5-3-2-4-12(13)15(20)19-14/h2-5,17H,6-11H2,1H3,(H,18,19,20). The van der Waals surface area contributed by atoms with Gasteiger partial charge < -0.3 is 15.0 Å². The molecule has 0 amide bonds. The number of para-hydroxylation sites is 1. The Labute approximate surface area is 123 Å². The fourth-order valence-electron chi connectivity index (χ4n) is 2.74. The van der Waals surface area contributed by atoms with Gasteiger partial charge in [-0.15, -0.1) is 0 Å². The van der Waals surface area contributed by atoms with Gasteiger partial charge in [-0.2, -0.15) is 0 Å². The van der Waals surface area contributed by atoms with Crippen molar-refractivity contribution in [3.63, 3.8) is 0 Å². The highest BCUT2D eigenvalue weighted by molar-refractivity contribution is 5.77. The highest BCUT2D eigenvalue weighted by Gasteiger charge is 2.26. The van der Waals surface area contributed by atoms with Crippen molar-refractivity contribution in [1.29, 1.82) is 0 Å². The molecule has 1 aliphatic heterocycles. The third-order valence-electron chi connectivity index (χ3n) is 4.21. The van der Waals surface area contributed by atoms with E-state index in [0.29, 0.717) is 17.8 Å². The van der Waals surface area contributed by atoms with Crippen LogP contribution in [0.4, 0.5) is 0 Å². The number of nitrogens with one attached hydrogen (secondary N) is 2. The van der Waals surface area contributed by atoms with Crippen molar-refractivity contribution in [2.45, 2.75) is 26.3 Å². The quantitative estimate of drug-likeness (QED) is 0.900. The van der Waals surface area contributed by atoms with Crippen LogP contribution in [0, 0.1) is 5.41 Å². The van der Waals surface area contributed by atoms with Crippen LogP contribution in [0.5, 0.6) is 0 Å². The summed E-state index contributed by atoms with van der Waals surface area (Å²) in [4.78, 5) is 19.3. The zero-order valence-electron chi connectivity index (χ0n) is 12.3. The van der Waals surface area contributed by atoms with E-state index in [1.807, 2.05) is 18.2 Å². The van der Waals surface area contributed by atoms with Gasteiger partial charge in [-0.1, -0.05) is 19.1 Å². The van der Waals surface area contributed by atoms with Crippen molar-refractivity contribution in [3.8, 4) is 0 Å². The fourth-order valence-corrected chi connectivity index (χ4v) is 2.74. The molecule has 1 aromatic carbocycles. The summed E-state index contributed by atoms with van der Waals surface area (Å²) in [7, 11) is 0. The van der Waals surface area contributed by atoms with Crippen molar-refractivity contribution in [2.24, 2.45) is 5.41 Å². The Morgan fingerprint density at radius 2 is 2.10 bits per heavy atom. The summed E-state index contributed by atoms with van der Waals surface area (Å²) in [6, 6.07) is 7.41. The SMILES string of the molecule is CC1(CNCc2nc3ccccc3c(=O)[nH]2)CCOCC1. The molecule has 0 radical (unpaired) electrons. The molecule has 5 nitrogen and oxygen atoms in total. The number of hydrogen-bond acceptors (Lipinski definition) is 4. The zero-order chi connectivity index (χ0) is 14.7. The summed E-state index contributed by atoms with van der Waals surface area (Å²) in [6.45, 7) is 5.44. The van der Waals surface area contributed by atoms with E-state index in [1.165, 1.54) is 0 Å². The molecule has 1 aliphatic rings. The van der Waals surface area contributed by atoms with Crippen molar-refractivity contribution < 1.29 is 4.74 Å². The van der Waals surface area contributed by atoms with Crippen LogP contribution in [0.25, 0.3) is 10.9 Å². The van der Waals surface area contributed by atoms with Crippen molar-refractivity contribution in [1.82, 2.24) is 15.3 Å². The second kappa shape index (κ2) is 5.95. The maximum absolute atomic E-state index is 12.0. The van der Waals surface area contributed by atoms with E-state index in [1.54, 1.807) is 6.07 Å². The first-order chi connectivity index (χ1) is 10.2. The Bertz CT molecular complexity index is 675. The van der Waals surface area contributed by atoms with Crippen LogP contribution < -0.4 is 10.9 Å². The highest BCUT2D eigenvalue weighted by Crippen LogP contribution is 2.28. The number of rotatable bonds is 4. The molecule has 2 aromatic rings. The zero-order valence-corrected chi connectivity index (χ0v) is 12.3. The molecule has 21 heavy (non-hydrogen) atoms. The van der Waals surface area contributed by atoms with Crippen molar-refractivity contribution >= 4 is 10.9 Å². The lowest BCUT2D eigenvalue weighted by molar-refractivity contribution is 0.0239. The molecule has 0 aliphatic carbocycles. The maximum Gasteiger partial charge on any atom is 0.258 e.